The van der Waals surface area contributed by atoms with Crippen LogP contribution >= 0.6 is 0 Å². The Morgan fingerprint density at radius 2 is 2.04 bits per heavy atom. The second-order valence-electron chi connectivity index (χ2n) is 5.81. The summed E-state index contributed by atoms with van der Waals surface area (Å²) in [5, 5.41) is 27.8. The molecule has 2 aromatic rings. The molecule has 1 atom stereocenters. The Morgan fingerprint density at radius 1 is 1.36 bits per heavy atom. The van der Waals surface area contributed by atoms with Gasteiger partial charge in [-0.15, -0.1) is 0 Å². The third kappa shape index (κ3) is 4.87. The minimum absolute atomic E-state index is 0.00797. The fourth-order valence-corrected chi connectivity index (χ4v) is 2.66. The smallest absolute Gasteiger partial charge is 0.312 e. The first-order chi connectivity index (χ1) is 11.9. The van der Waals surface area contributed by atoms with Crippen molar-refractivity contribution in [3.05, 3.63) is 57.4 Å². The molecule has 0 bridgehead atoms. The quantitative estimate of drug-likeness (QED) is 0.561. The number of amides is 1. The molecule has 0 saturated heterocycles. The summed E-state index contributed by atoms with van der Waals surface area (Å²) in [6, 6.07) is 9.25. The van der Waals surface area contributed by atoms with Crippen molar-refractivity contribution in [3.8, 4) is 0 Å². The van der Waals surface area contributed by atoms with Crippen LogP contribution in [0.4, 0.5) is 5.69 Å². The number of nitrogens with one attached hydrogen (secondary N) is 1. The molecular weight excluding hydrogens is 324 g/mol. The minimum atomic E-state index is -0.625. The SMILES string of the molecule is Cc1nn(CCC(=O)NCCC(O)c2ccccc2)c(C)c1[N+](=O)[O-]. The number of aryl methyl sites for hydroxylation is 2. The van der Waals surface area contributed by atoms with Gasteiger partial charge in [0.2, 0.25) is 5.91 Å². The van der Waals surface area contributed by atoms with Crippen molar-refractivity contribution in [1.29, 1.82) is 0 Å². The summed E-state index contributed by atoms with van der Waals surface area (Å²) in [4.78, 5) is 22.4. The second kappa shape index (κ2) is 8.39. The van der Waals surface area contributed by atoms with Gasteiger partial charge in [-0.1, -0.05) is 30.3 Å². The molecule has 0 saturated carbocycles. The van der Waals surface area contributed by atoms with E-state index in [1.165, 1.54) is 4.68 Å². The Morgan fingerprint density at radius 3 is 2.64 bits per heavy atom. The molecule has 8 heteroatoms. The third-order valence-corrected chi connectivity index (χ3v) is 4.00. The van der Waals surface area contributed by atoms with Crippen LogP contribution in [0.25, 0.3) is 0 Å². The number of carbonyl (C=O) groups excluding carboxylic acids is 1. The molecule has 1 aromatic heterocycles. The Kier molecular flexibility index (Phi) is 6.24. The number of rotatable bonds is 8. The van der Waals surface area contributed by atoms with Crippen LogP contribution in [0.2, 0.25) is 0 Å². The first-order valence-electron chi connectivity index (χ1n) is 8.08. The molecule has 1 unspecified atom stereocenters. The molecule has 1 heterocycles. The Labute approximate surface area is 145 Å². The van der Waals surface area contributed by atoms with Crippen molar-refractivity contribution < 1.29 is 14.8 Å². The summed E-state index contributed by atoms with van der Waals surface area (Å²) in [5.74, 6) is -0.185. The van der Waals surface area contributed by atoms with Crippen molar-refractivity contribution in [2.45, 2.75) is 39.3 Å². The highest BCUT2D eigenvalue weighted by Crippen LogP contribution is 2.21. The molecular formula is C17H22N4O4. The average Bonchev–Trinajstić information content (AvgIpc) is 2.87. The van der Waals surface area contributed by atoms with Gasteiger partial charge in [0.05, 0.1) is 17.6 Å². The summed E-state index contributed by atoms with van der Waals surface area (Å²) in [6.07, 6.45) is -0.0399. The first kappa shape index (κ1) is 18.6. The third-order valence-electron chi connectivity index (χ3n) is 4.00. The van der Waals surface area contributed by atoms with Crippen LogP contribution in [0.3, 0.4) is 0 Å². The molecule has 2 N–H and O–H groups in total. The van der Waals surface area contributed by atoms with Crippen molar-refractivity contribution in [2.75, 3.05) is 6.54 Å². The fourth-order valence-electron chi connectivity index (χ4n) is 2.66. The first-order valence-corrected chi connectivity index (χ1v) is 8.08. The van der Waals surface area contributed by atoms with Crippen LogP contribution in [0, 0.1) is 24.0 Å². The molecule has 0 aliphatic heterocycles. The monoisotopic (exact) mass is 346 g/mol. The van der Waals surface area contributed by atoms with E-state index in [-0.39, 0.29) is 24.6 Å². The van der Waals surface area contributed by atoms with Crippen LogP contribution in [0.5, 0.6) is 0 Å². The molecule has 0 radical (unpaired) electrons. The summed E-state index contributed by atoms with van der Waals surface area (Å²) in [5.41, 5.74) is 1.58. The zero-order chi connectivity index (χ0) is 18.4. The van der Waals surface area contributed by atoms with E-state index in [1.807, 2.05) is 30.3 Å². The number of aliphatic hydroxyl groups is 1. The largest absolute Gasteiger partial charge is 0.388 e. The molecule has 0 fully saturated rings. The molecule has 1 amide bonds. The number of nitro groups is 1. The number of benzene rings is 1. The number of aromatic nitrogens is 2. The summed E-state index contributed by atoms with van der Waals surface area (Å²) >= 11 is 0. The molecule has 0 aliphatic carbocycles. The maximum atomic E-state index is 11.9. The lowest BCUT2D eigenvalue weighted by atomic mass is 10.1. The Bertz CT molecular complexity index is 743. The maximum Gasteiger partial charge on any atom is 0.312 e. The lowest BCUT2D eigenvalue weighted by Crippen LogP contribution is -2.26. The number of hydrogen-bond acceptors (Lipinski definition) is 5. The second-order valence-corrected chi connectivity index (χ2v) is 5.81. The maximum absolute atomic E-state index is 11.9. The topological polar surface area (TPSA) is 110 Å². The van der Waals surface area contributed by atoms with Gasteiger partial charge in [0.25, 0.3) is 0 Å². The van der Waals surface area contributed by atoms with Gasteiger partial charge in [0, 0.05) is 13.0 Å². The van der Waals surface area contributed by atoms with Crippen molar-refractivity contribution in [3.63, 3.8) is 0 Å². The average molecular weight is 346 g/mol. The molecule has 1 aromatic carbocycles. The number of hydrogen-bond donors (Lipinski definition) is 2. The fraction of sp³-hybridized carbons (Fsp3) is 0.412. The minimum Gasteiger partial charge on any atom is -0.388 e. The molecule has 2 rings (SSSR count). The number of aliphatic hydroxyl groups excluding tert-OH is 1. The van der Waals surface area contributed by atoms with Gasteiger partial charge in [-0.2, -0.15) is 5.10 Å². The van der Waals surface area contributed by atoms with Gasteiger partial charge in [0.1, 0.15) is 11.4 Å². The highest BCUT2D eigenvalue weighted by Gasteiger charge is 2.21. The van der Waals surface area contributed by atoms with Crippen LogP contribution in [0.1, 0.15) is 35.9 Å². The van der Waals surface area contributed by atoms with E-state index in [9.17, 15) is 20.0 Å². The summed E-state index contributed by atoms with van der Waals surface area (Å²) in [6.45, 7) is 3.82. The van der Waals surface area contributed by atoms with E-state index >= 15 is 0 Å². The van der Waals surface area contributed by atoms with Crippen LogP contribution < -0.4 is 5.32 Å². The van der Waals surface area contributed by atoms with Crippen LogP contribution in [-0.4, -0.2) is 32.3 Å². The van der Waals surface area contributed by atoms with Gasteiger partial charge < -0.3 is 10.4 Å². The molecule has 134 valence electrons. The Balaban J connectivity index is 1.78. The van der Waals surface area contributed by atoms with Crippen LogP contribution in [-0.2, 0) is 11.3 Å². The molecule has 25 heavy (non-hydrogen) atoms. The van der Waals surface area contributed by atoms with Gasteiger partial charge in [0.15, 0.2) is 0 Å². The lowest BCUT2D eigenvalue weighted by molar-refractivity contribution is -0.386. The van der Waals surface area contributed by atoms with Gasteiger partial charge in [-0.3, -0.25) is 19.6 Å². The molecule has 8 nitrogen and oxygen atoms in total. The predicted molar refractivity (Wildman–Crippen MR) is 92.0 cm³/mol. The summed E-state index contributed by atoms with van der Waals surface area (Å²) < 4.78 is 1.48. The van der Waals surface area contributed by atoms with Crippen molar-refractivity contribution in [2.24, 2.45) is 0 Å². The van der Waals surface area contributed by atoms with E-state index in [0.29, 0.717) is 24.4 Å². The van der Waals surface area contributed by atoms with E-state index in [2.05, 4.69) is 10.4 Å². The lowest BCUT2D eigenvalue weighted by Gasteiger charge is -2.11. The van der Waals surface area contributed by atoms with Crippen molar-refractivity contribution >= 4 is 11.6 Å². The zero-order valence-corrected chi connectivity index (χ0v) is 14.3. The van der Waals surface area contributed by atoms with E-state index in [4.69, 9.17) is 0 Å². The molecule has 0 aliphatic rings. The predicted octanol–water partition coefficient (Wildman–Crippen LogP) is 2.04. The van der Waals surface area contributed by atoms with E-state index in [1.54, 1.807) is 13.8 Å². The van der Waals surface area contributed by atoms with E-state index < -0.39 is 11.0 Å². The van der Waals surface area contributed by atoms with E-state index in [0.717, 1.165) is 5.56 Å². The highest BCUT2D eigenvalue weighted by atomic mass is 16.6. The Hall–Kier alpha value is -2.74. The normalized spacial score (nSPS) is 12.0. The molecule has 0 spiro atoms. The van der Waals surface area contributed by atoms with Crippen LogP contribution in [0.15, 0.2) is 30.3 Å². The van der Waals surface area contributed by atoms with Crippen molar-refractivity contribution in [1.82, 2.24) is 15.1 Å². The highest BCUT2D eigenvalue weighted by molar-refractivity contribution is 5.75. The standard InChI is InChI=1S/C17H22N4O4/c1-12-17(21(24)25)13(2)20(19-12)11-9-16(23)18-10-8-15(22)14-6-4-3-5-7-14/h3-7,15,22H,8-11H2,1-2H3,(H,18,23). The number of carbonyl (C=O) groups is 1. The van der Waals surface area contributed by atoms with Gasteiger partial charge in [-0.25, -0.2) is 0 Å². The number of nitrogens with zero attached hydrogens (tertiary/aromatic N) is 3. The van der Waals surface area contributed by atoms with Gasteiger partial charge >= 0.3 is 5.69 Å². The zero-order valence-electron chi connectivity index (χ0n) is 14.3. The summed E-state index contributed by atoms with van der Waals surface area (Å²) in [7, 11) is 0. The van der Waals surface area contributed by atoms with Gasteiger partial charge in [-0.05, 0) is 25.8 Å².